The second kappa shape index (κ2) is 8.78. The van der Waals surface area contributed by atoms with Crippen molar-refractivity contribution in [2.75, 3.05) is 31.1 Å². The number of nitrogens with one attached hydrogen (secondary N) is 1. The van der Waals surface area contributed by atoms with Gasteiger partial charge in [-0.15, -0.1) is 12.4 Å². The van der Waals surface area contributed by atoms with Crippen LogP contribution in [0.5, 0.6) is 0 Å². The summed E-state index contributed by atoms with van der Waals surface area (Å²) in [5.41, 5.74) is 4.30. The lowest BCUT2D eigenvalue weighted by Crippen LogP contribution is -2.51. The Morgan fingerprint density at radius 3 is 2.53 bits per heavy atom. The number of hydrogen-bond donors (Lipinski definition) is 1. The molecule has 2 aliphatic rings. The zero-order valence-corrected chi connectivity index (χ0v) is 18.8. The number of nitrogens with zero attached hydrogens (tertiary/aromatic N) is 4. The van der Waals surface area contributed by atoms with Crippen molar-refractivity contribution < 1.29 is 9.59 Å². The van der Waals surface area contributed by atoms with E-state index >= 15 is 0 Å². The van der Waals surface area contributed by atoms with E-state index in [0.29, 0.717) is 19.6 Å². The fraction of sp³-hybridized carbons (Fsp3) is 0.500. The number of anilines is 1. The quantitative estimate of drug-likeness (QED) is 0.809. The Labute approximate surface area is 183 Å². The molecule has 2 atom stereocenters. The molecule has 0 aliphatic carbocycles. The number of piperazine rings is 1. The summed E-state index contributed by atoms with van der Waals surface area (Å²) in [6.07, 6.45) is 3.93. The van der Waals surface area contributed by atoms with E-state index in [4.69, 9.17) is 0 Å². The third-order valence-electron chi connectivity index (χ3n) is 6.06. The van der Waals surface area contributed by atoms with Gasteiger partial charge in [-0.05, 0) is 31.9 Å². The largest absolute Gasteiger partial charge is 0.336 e. The average Bonchev–Trinajstić information content (AvgIpc) is 3.26. The number of amides is 2. The van der Waals surface area contributed by atoms with Crippen molar-refractivity contribution in [2.45, 2.75) is 33.2 Å². The van der Waals surface area contributed by atoms with Crippen LogP contribution in [0.2, 0.25) is 0 Å². The van der Waals surface area contributed by atoms with Crippen molar-refractivity contribution in [2.24, 2.45) is 13.0 Å². The van der Waals surface area contributed by atoms with Gasteiger partial charge in [0.1, 0.15) is 11.9 Å². The minimum atomic E-state index is -0.316. The number of hydrogen-bond acceptors (Lipinski definition) is 4. The van der Waals surface area contributed by atoms with Gasteiger partial charge in [-0.2, -0.15) is 0 Å². The van der Waals surface area contributed by atoms with Crippen molar-refractivity contribution in [1.29, 1.82) is 0 Å². The molecule has 0 bridgehead atoms. The summed E-state index contributed by atoms with van der Waals surface area (Å²) < 4.78 is 1.96. The molecule has 0 saturated carbocycles. The first kappa shape index (κ1) is 22.3. The van der Waals surface area contributed by atoms with E-state index < -0.39 is 0 Å². The van der Waals surface area contributed by atoms with Crippen LogP contribution in [0.25, 0.3) is 0 Å². The number of carbonyl (C=O) groups is 2. The maximum absolute atomic E-state index is 13.4. The van der Waals surface area contributed by atoms with Gasteiger partial charge in [0.15, 0.2) is 0 Å². The topological polar surface area (TPSA) is 70.5 Å². The molecule has 30 heavy (non-hydrogen) atoms. The minimum absolute atomic E-state index is 0. The lowest BCUT2D eigenvalue weighted by Gasteiger charge is -2.37. The van der Waals surface area contributed by atoms with Gasteiger partial charge in [-0.1, -0.05) is 17.7 Å². The number of aromatic nitrogens is 2. The monoisotopic (exact) mass is 431 g/mol. The first-order valence-electron chi connectivity index (χ1n) is 10.2. The van der Waals surface area contributed by atoms with Gasteiger partial charge in [0, 0.05) is 57.7 Å². The number of carbonyl (C=O) groups excluding carboxylic acids is 2. The molecule has 1 aromatic carbocycles. The second-order valence-electron chi connectivity index (χ2n) is 8.30. The van der Waals surface area contributed by atoms with E-state index in [0.717, 1.165) is 29.2 Å². The highest BCUT2D eigenvalue weighted by Crippen LogP contribution is 2.33. The van der Waals surface area contributed by atoms with Gasteiger partial charge >= 0.3 is 0 Å². The molecular formula is C22H30ClN5O2. The van der Waals surface area contributed by atoms with Crippen molar-refractivity contribution in [3.05, 3.63) is 47.0 Å². The first-order chi connectivity index (χ1) is 13.9. The highest BCUT2D eigenvalue weighted by Gasteiger charge is 2.41. The third kappa shape index (κ3) is 3.96. The number of rotatable bonds is 3. The fourth-order valence-electron chi connectivity index (χ4n) is 4.82. The molecule has 2 saturated heterocycles. The Balaban J connectivity index is 0.00000256. The predicted molar refractivity (Wildman–Crippen MR) is 119 cm³/mol. The number of halogens is 1. The smallest absolute Gasteiger partial charge is 0.228 e. The maximum atomic E-state index is 13.4. The Bertz CT molecular complexity index is 934. The van der Waals surface area contributed by atoms with Crippen LogP contribution >= 0.6 is 12.4 Å². The van der Waals surface area contributed by atoms with Crippen LogP contribution in [0.15, 0.2) is 24.5 Å². The molecule has 2 aliphatic heterocycles. The molecule has 8 heteroatoms. The zero-order valence-electron chi connectivity index (χ0n) is 18.0. The van der Waals surface area contributed by atoms with Gasteiger partial charge in [-0.25, -0.2) is 4.98 Å². The number of aryl methyl sites for hydroxylation is 4. The predicted octanol–water partition coefficient (Wildman–Crippen LogP) is 2.29. The highest BCUT2D eigenvalue weighted by atomic mass is 35.5. The van der Waals surface area contributed by atoms with E-state index in [1.807, 2.05) is 41.5 Å². The average molecular weight is 432 g/mol. The molecule has 3 heterocycles. The fourth-order valence-corrected chi connectivity index (χ4v) is 4.82. The number of benzene rings is 1. The zero-order chi connectivity index (χ0) is 20.7. The number of imidazole rings is 1. The molecular weight excluding hydrogens is 402 g/mol. The van der Waals surface area contributed by atoms with Crippen LogP contribution in [0, 0.1) is 26.7 Å². The van der Waals surface area contributed by atoms with Crippen LogP contribution in [0.4, 0.5) is 5.69 Å². The lowest BCUT2D eigenvalue weighted by molar-refractivity contribution is -0.139. The molecule has 4 rings (SSSR count). The Morgan fingerprint density at radius 1 is 1.20 bits per heavy atom. The third-order valence-corrected chi connectivity index (χ3v) is 6.06. The summed E-state index contributed by atoms with van der Waals surface area (Å²) in [5.74, 6) is 0.639. The van der Waals surface area contributed by atoms with Gasteiger partial charge < -0.3 is 19.7 Å². The van der Waals surface area contributed by atoms with Crippen LogP contribution in [0.1, 0.15) is 35.0 Å². The molecule has 0 spiro atoms. The van der Waals surface area contributed by atoms with E-state index in [1.54, 1.807) is 6.20 Å². The standard InChI is InChI=1S/C22H29N5O2.ClH/c1-14-9-15(2)20(16(3)10-14)27-13-17(11-19(27)28)22(29)26-8-5-23-12-18(26)21-24-6-7-25(21)4;/h6-7,9-10,17-18,23H,5,8,11-13H2,1-4H3;1H. The lowest BCUT2D eigenvalue weighted by atomic mass is 10.0. The molecule has 2 amide bonds. The van der Waals surface area contributed by atoms with E-state index in [9.17, 15) is 9.59 Å². The molecule has 2 aromatic rings. The molecule has 7 nitrogen and oxygen atoms in total. The van der Waals surface area contributed by atoms with Crippen molar-refractivity contribution >= 4 is 29.9 Å². The Hall–Kier alpha value is -2.38. The summed E-state index contributed by atoms with van der Waals surface area (Å²) in [4.78, 5) is 34.5. The van der Waals surface area contributed by atoms with E-state index in [2.05, 4.69) is 29.4 Å². The van der Waals surface area contributed by atoms with Crippen LogP contribution < -0.4 is 10.2 Å². The van der Waals surface area contributed by atoms with Gasteiger partial charge in [0.2, 0.25) is 11.8 Å². The molecule has 1 N–H and O–H groups in total. The van der Waals surface area contributed by atoms with Crippen LogP contribution in [-0.2, 0) is 16.6 Å². The van der Waals surface area contributed by atoms with Gasteiger partial charge in [-0.3, -0.25) is 9.59 Å². The van der Waals surface area contributed by atoms with Crippen molar-refractivity contribution in [1.82, 2.24) is 19.8 Å². The molecule has 1 aromatic heterocycles. The van der Waals surface area contributed by atoms with E-state index in [-0.39, 0.29) is 42.6 Å². The summed E-state index contributed by atoms with van der Waals surface area (Å²) in [6, 6.07) is 4.08. The van der Waals surface area contributed by atoms with E-state index in [1.165, 1.54) is 5.56 Å². The second-order valence-corrected chi connectivity index (χ2v) is 8.30. The van der Waals surface area contributed by atoms with Crippen molar-refractivity contribution in [3.63, 3.8) is 0 Å². The van der Waals surface area contributed by atoms with Gasteiger partial charge in [0.25, 0.3) is 0 Å². The molecule has 162 valence electrons. The Morgan fingerprint density at radius 2 is 1.90 bits per heavy atom. The Kier molecular flexibility index (Phi) is 6.53. The first-order valence-corrected chi connectivity index (χ1v) is 10.2. The highest BCUT2D eigenvalue weighted by molar-refractivity contribution is 6.01. The molecule has 0 radical (unpaired) electrons. The molecule has 2 unspecified atom stereocenters. The normalized spacial score (nSPS) is 21.7. The summed E-state index contributed by atoms with van der Waals surface area (Å²) in [7, 11) is 1.95. The van der Waals surface area contributed by atoms with Crippen molar-refractivity contribution in [3.8, 4) is 0 Å². The minimum Gasteiger partial charge on any atom is -0.336 e. The maximum Gasteiger partial charge on any atom is 0.228 e. The van der Waals surface area contributed by atoms with Crippen LogP contribution in [0.3, 0.4) is 0 Å². The SMILES string of the molecule is Cc1cc(C)c(N2CC(C(=O)N3CCNCC3c3nccn3C)CC2=O)c(C)c1.Cl. The van der Waals surface area contributed by atoms with Gasteiger partial charge in [0.05, 0.1) is 5.92 Å². The summed E-state index contributed by atoms with van der Waals surface area (Å²) >= 11 is 0. The van der Waals surface area contributed by atoms with Crippen LogP contribution in [-0.4, -0.2) is 52.4 Å². The summed E-state index contributed by atoms with van der Waals surface area (Å²) in [6.45, 7) is 8.63. The molecule has 2 fully saturated rings. The summed E-state index contributed by atoms with van der Waals surface area (Å²) in [5, 5.41) is 3.36.